The van der Waals surface area contributed by atoms with Gasteiger partial charge in [-0.25, -0.2) is 9.78 Å². The van der Waals surface area contributed by atoms with Crippen LogP contribution < -0.4 is 21.4 Å². The molecular weight excluding hydrogens is 444 g/mol. The Morgan fingerprint density at radius 1 is 1.27 bits per heavy atom. The smallest absolute Gasteiger partial charge is 0.383 e. The molecule has 3 aromatic heterocycles. The monoisotopic (exact) mass is 459 g/mol. The van der Waals surface area contributed by atoms with Gasteiger partial charge in [0.2, 0.25) is 5.91 Å². The lowest BCUT2D eigenvalue weighted by Gasteiger charge is -2.10. The third-order valence-electron chi connectivity index (χ3n) is 4.72. The number of benzene rings is 1. The number of nitrogens with two attached hydrogens (primary N) is 1. The first-order valence-electron chi connectivity index (χ1n) is 9.42. The van der Waals surface area contributed by atoms with E-state index in [1.807, 2.05) is 24.3 Å². The number of aromatic nitrogens is 4. The van der Waals surface area contributed by atoms with Gasteiger partial charge in [0.1, 0.15) is 34.1 Å². The second-order valence-electron chi connectivity index (χ2n) is 6.75. The predicted octanol–water partition coefficient (Wildman–Crippen LogP) is 1.46. The van der Waals surface area contributed by atoms with Crippen LogP contribution in [0.4, 0.5) is 11.5 Å². The van der Waals surface area contributed by atoms with Crippen molar-refractivity contribution in [1.29, 1.82) is 10.5 Å². The molecule has 0 atom stereocenters. The Bertz CT molecular complexity index is 1540. The molecule has 1 aromatic carbocycles. The average Bonchev–Trinajstić information content (AvgIpc) is 3.15. The summed E-state index contributed by atoms with van der Waals surface area (Å²) in [6, 6.07) is 12.8. The number of nitriles is 2. The molecule has 0 aliphatic heterocycles. The number of anilines is 2. The van der Waals surface area contributed by atoms with Crippen molar-refractivity contribution >= 4 is 40.1 Å². The number of aryl methyl sites for hydroxylation is 1. The van der Waals surface area contributed by atoms with Gasteiger partial charge in [-0.05, 0) is 29.5 Å². The highest BCUT2D eigenvalue weighted by atomic mass is 32.2. The average molecular weight is 459 g/mol. The topological polar surface area (TPSA) is 178 Å². The van der Waals surface area contributed by atoms with Crippen molar-refractivity contribution in [3.8, 4) is 23.4 Å². The molecule has 0 bridgehead atoms. The molecule has 162 valence electrons. The summed E-state index contributed by atoms with van der Waals surface area (Å²) in [4.78, 5) is 33.2. The van der Waals surface area contributed by atoms with Crippen LogP contribution >= 0.6 is 11.8 Å². The number of carbonyl (C=O) groups is 1. The van der Waals surface area contributed by atoms with Gasteiger partial charge in [-0.15, -0.1) is 0 Å². The summed E-state index contributed by atoms with van der Waals surface area (Å²) in [5.41, 5.74) is 6.22. The molecule has 33 heavy (non-hydrogen) atoms. The number of pyridine rings is 2. The number of hydrogen-bond acceptors (Lipinski definition) is 9. The van der Waals surface area contributed by atoms with Crippen LogP contribution in [-0.2, 0) is 11.8 Å². The fraction of sp³-hybridized carbons (Fsp3) is 0.0952. The van der Waals surface area contributed by atoms with Crippen molar-refractivity contribution in [2.75, 3.05) is 16.8 Å². The molecule has 0 spiro atoms. The van der Waals surface area contributed by atoms with Crippen LogP contribution in [-0.4, -0.2) is 26.9 Å². The zero-order valence-electron chi connectivity index (χ0n) is 17.1. The van der Waals surface area contributed by atoms with E-state index in [1.54, 1.807) is 24.4 Å². The lowest BCUT2D eigenvalue weighted by Crippen LogP contribution is -2.34. The number of fused-ring (bicyclic) bond motifs is 1. The second-order valence-corrected chi connectivity index (χ2v) is 7.72. The molecule has 0 saturated carbocycles. The number of hydrogen-bond donors (Lipinski definition) is 3. The number of nitrogens with zero attached hydrogens (tertiary/aromatic N) is 5. The van der Waals surface area contributed by atoms with Gasteiger partial charge in [0.25, 0.3) is 0 Å². The van der Waals surface area contributed by atoms with Crippen LogP contribution in [0.1, 0.15) is 11.1 Å². The van der Waals surface area contributed by atoms with Gasteiger partial charge in [-0.2, -0.15) is 10.5 Å². The Kier molecular flexibility index (Phi) is 5.76. The molecule has 0 radical (unpaired) electrons. The molecule has 0 fully saturated rings. The Labute approximate surface area is 190 Å². The molecule has 12 heteroatoms. The minimum Gasteiger partial charge on any atom is -0.383 e. The van der Waals surface area contributed by atoms with E-state index < -0.39 is 5.63 Å². The fourth-order valence-corrected chi connectivity index (χ4v) is 4.08. The Hall–Kier alpha value is -4.68. The van der Waals surface area contributed by atoms with Gasteiger partial charge >= 0.3 is 11.3 Å². The first kappa shape index (κ1) is 21.5. The standard InChI is InChI=1S/C21H14N8O3S/c1-29-18(21(31)32-28-29)17-12(8-22)19(24)27-20(13(17)9-23)33-10-16(30)26-15-6-2-5-14-11(15)4-3-7-25-14/h2-7H,10H2,1H3,(H3-,24,25,26,27,28,30,31)/p+1. The first-order chi connectivity index (χ1) is 15.9. The van der Waals surface area contributed by atoms with Crippen LogP contribution in [0.5, 0.6) is 0 Å². The molecule has 1 amide bonds. The minimum atomic E-state index is -0.783. The largest absolute Gasteiger partial charge is 0.435 e. The summed E-state index contributed by atoms with van der Waals surface area (Å²) < 4.78 is 5.99. The van der Waals surface area contributed by atoms with Crippen molar-refractivity contribution in [3.63, 3.8) is 0 Å². The van der Waals surface area contributed by atoms with Crippen molar-refractivity contribution in [2.24, 2.45) is 7.05 Å². The molecule has 11 nitrogen and oxygen atoms in total. The van der Waals surface area contributed by atoms with Crippen LogP contribution in [0.2, 0.25) is 0 Å². The summed E-state index contributed by atoms with van der Waals surface area (Å²) in [7, 11) is 1.48. The van der Waals surface area contributed by atoms with E-state index in [0.717, 1.165) is 22.7 Å². The van der Waals surface area contributed by atoms with E-state index in [4.69, 9.17) is 10.3 Å². The normalized spacial score (nSPS) is 10.5. The zero-order chi connectivity index (χ0) is 23.5. The minimum absolute atomic E-state index is 0.00645. The number of H-pyrrole nitrogens is 1. The number of rotatable bonds is 5. The summed E-state index contributed by atoms with van der Waals surface area (Å²) in [6.45, 7) is 0. The molecule has 0 aliphatic carbocycles. The van der Waals surface area contributed by atoms with Gasteiger partial charge in [0.05, 0.1) is 22.5 Å². The zero-order valence-corrected chi connectivity index (χ0v) is 17.9. The lowest BCUT2D eigenvalue weighted by molar-refractivity contribution is -0.730. The Morgan fingerprint density at radius 2 is 2.06 bits per heavy atom. The van der Waals surface area contributed by atoms with Crippen molar-refractivity contribution in [3.05, 3.63) is 58.1 Å². The molecular formula is C21H15N8O3S+. The molecule has 0 unspecified atom stereocenters. The van der Waals surface area contributed by atoms with Crippen molar-refractivity contribution in [2.45, 2.75) is 5.03 Å². The van der Waals surface area contributed by atoms with Gasteiger partial charge in [-0.3, -0.25) is 14.3 Å². The predicted molar refractivity (Wildman–Crippen MR) is 119 cm³/mol. The van der Waals surface area contributed by atoms with Crippen molar-refractivity contribution in [1.82, 2.24) is 15.2 Å². The highest BCUT2D eigenvalue weighted by molar-refractivity contribution is 8.00. The highest BCUT2D eigenvalue weighted by Gasteiger charge is 2.31. The quantitative estimate of drug-likeness (QED) is 0.294. The molecule has 4 aromatic rings. The lowest BCUT2D eigenvalue weighted by atomic mass is 10.0. The van der Waals surface area contributed by atoms with Crippen LogP contribution in [0, 0.1) is 22.7 Å². The second kappa shape index (κ2) is 8.82. The number of nitrogens with one attached hydrogen (secondary N) is 2. The van der Waals surface area contributed by atoms with Crippen LogP contribution in [0.25, 0.3) is 22.2 Å². The maximum Gasteiger partial charge on any atom is 0.435 e. The van der Waals surface area contributed by atoms with E-state index >= 15 is 0 Å². The maximum atomic E-state index is 12.6. The molecule has 4 N–H and O–H groups in total. The maximum absolute atomic E-state index is 12.6. The fourth-order valence-electron chi connectivity index (χ4n) is 3.28. The van der Waals surface area contributed by atoms with E-state index in [1.165, 1.54) is 11.7 Å². The van der Waals surface area contributed by atoms with Gasteiger partial charge in [0.15, 0.2) is 7.05 Å². The molecule has 3 heterocycles. The third kappa shape index (κ3) is 3.98. The number of thioether (sulfide) groups is 1. The summed E-state index contributed by atoms with van der Waals surface area (Å²) in [5, 5.41) is 25.4. The highest BCUT2D eigenvalue weighted by Crippen LogP contribution is 2.33. The number of amides is 1. The summed E-state index contributed by atoms with van der Waals surface area (Å²) in [5.74, 6) is -0.620. The van der Waals surface area contributed by atoms with E-state index in [2.05, 4.69) is 20.6 Å². The van der Waals surface area contributed by atoms with Gasteiger partial charge in [0, 0.05) is 11.6 Å². The van der Waals surface area contributed by atoms with E-state index in [9.17, 15) is 20.1 Å². The summed E-state index contributed by atoms with van der Waals surface area (Å²) >= 11 is 0.958. The summed E-state index contributed by atoms with van der Waals surface area (Å²) in [6.07, 6.45) is 1.66. The van der Waals surface area contributed by atoms with E-state index in [-0.39, 0.29) is 44.9 Å². The van der Waals surface area contributed by atoms with Gasteiger partial charge in [-0.1, -0.05) is 22.5 Å². The van der Waals surface area contributed by atoms with Gasteiger partial charge < -0.3 is 11.1 Å². The molecule has 0 aliphatic rings. The van der Waals surface area contributed by atoms with Crippen LogP contribution in [0.15, 0.2) is 50.9 Å². The molecule has 0 saturated heterocycles. The van der Waals surface area contributed by atoms with Crippen LogP contribution in [0.3, 0.4) is 0 Å². The van der Waals surface area contributed by atoms with E-state index in [0.29, 0.717) is 5.69 Å². The number of aromatic amines is 1. The SMILES string of the molecule is C[n+]1[nH]oc(=O)c1-c1c(C#N)c(N)nc(SCC(=O)Nc2cccc3ncccc23)c1C#N. The first-order valence-corrected chi connectivity index (χ1v) is 10.4. The third-order valence-corrected chi connectivity index (χ3v) is 5.69. The Balaban J connectivity index is 1.66. The Morgan fingerprint density at radius 3 is 2.76 bits per heavy atom. The number of carbonyl (C=O) groups excluding carboxylic acids is 1. The number of nitrogen functional groups attached to an aromatic ring is 1. The molecule has 4 rings (SSSR count). The van der Waals surface area contributed by atoms with Crippen molar-refractivity contribution < 1.29 is 14.0 Å².